The Bertz CT molecular complexity index is 311. The van der Waals surface area contributed by atoms with Crippen LogP contribution in [0.2, 0.25) is 0 Å². The first-order valence-electron chi connectivity index (χ1n) is 5.74. The Morgan fingerprint density at radius 2 is 2.13 bits per heavy atom. The number of hydrogen-bond donors (Lipinski definition) is 1. The van der Waals surface area contributed by atoms with Crippen molar-refractivity contribution in [3.05, 3.63) is 17.1 Å². The van der Waals surface area contributed by atoms with Gasteiger partial charge >= 0.3 is 0 Å². The van der Waals surface area contributed by atoms with Gasteiger partial charge in [-0.2, -0.15) is 0 Å². The molecular weight excluding hydrogens is 206 g/mol. The quantitative estimate of drug-likeness (QED) is 0.828. The van der Waals surface area contributed by atoms with E-state index in [9.17, 15) is 0 Å². The van der Waals surface area contributed by atoms with Crippen LogP contribution in [0.1, 0.15) is 30.6 Å². The molecule has 0 aliphatic carbocycles. The third-order valence-electron chi connectivity index (χ3n) is 3.75. The van der Waals surface area contributed by atoms with Crippen molar-refractivity contribution >= 4 is 11.5 Å². The van der Waals surface area contributed by atoms with Gasteiger partial charge in [0.2, 0.25) is 0 Å². The fourth-order valence-electron chi connectivity index (χ4n) is 3.08. The fourth-order valence-corrected chi connectivity index (χ4v) is 3.66. The number of aromatic nitrogens is 1. The largest absolute Gasteiger partial charge is 0.328 e. The zero-order valence-corrected chi connectivity index (χ0v) is 9.62. The maximum atomic E-state index is 6.05. The standard InChI is InChI=1S/C11H17N3S/c12-8-5-9-1-2-10(6-8)14(9)7-11-3-4-13-15-11/h3-4,8-10H,1-2,5-7,12H2. The lowest BCUT2D eigenvalue weighted by Gasteiger charge is -2.37. The average Bonchev–Trinajstić information content (AvgIpc) is 2.77. The molecule has 0 radical (unpaired) electrons. The molecule has 2 saturated heterocycles. The molecule has 2 fully saturated rings. The lowest BCUT2D eigenvalue weighted by atomic mass is 9.98. The highest BCUT2D eigenvalue weighted by atomic mass is 32.1. The molecule has 1 aromatic rings. The van der Waals surface area contributed by atoms with Crippen molar-refractivity contribution in [3.63, 3.8) is 0 Å². The molecule has 1 aromatic heterocycles. The topological polar surface area (TPSA) is 42.1 Å². The second kappa shape index (κ2) is 3.85. The summed E-state index contributed by atoms with van der Waals surface area (Å²) < 4.78 is 4.16. The van der Waals surface area contributed by atoms with Gasteiger partial charge in [-0.05, 0) is 43.3 Å². The highest BCUT2D eigenvalue weighted by Gasteiger charge is 2.39. The molecular formula is C11H17N3S. The summed E-state index contributed by atoms with van der Waals surface area (Å²) in [5, 5.41) is 0. The Hall–Kier alpha value is -0.450. The van der Waals surface area contributed by atoms with Gasteiger partial charge in [-0.15, -0.1) is 0 Å². The normalized spacial score (nSPS) is 35.9. The first kappa shape index (κ1) is 9.75. The van der Waals surface area contributed by atoms with Crippen molar-refractivity contribution in [3.8, 4) is 0 Å². The van der Waals surface area contributed by atoms with Crippen molar-refractivity contribution < 1.29 is 0 Å². The predicted octanol–water partition coefficient (Wildman–Crippen LogP) is 1.60. The Morgan fingerprint density at radius 3 is 2.73 bits per heavy atom. The smallest absolute Gasteiger partial charge is 0.0410 e. The summed E-state index contributed by atoms with van der Waals surface area (Å²) in [6.07, 6.45) is 6.97. The van der Waals surface area contributed by atoms with E-state index in [1.807, 2.05) is 6.20 Å². The van der Waals surface area contributed by atoms with Gasteiger partial charge in [0.05, 0.1) is 0 Å². The third-order valence-corrected chi connectivity index (χ3v) is 4.48. The summed E-state index contributed by atoms with van der Waals surface area (Å²) in [7, 11) is 0. The van der Waals surface area contributed by atoms with Gasteiger partial charge in [0.25, 0.3) is 0 Å². The molecule has 15 heavy (non-hydrogen) atoms. The van der Waals surface area contributed by atoms with E-state index < -0.39 is 0 Å². The third kappa shape index (κ3) is 1.82. The zero-order chi connectivity index (χ0) is 10.3. The molecule has 2 aliphatic heterocycles. The van der Waals surface area contributed by atoms with Crippen molar-refractivity contribution in [2.75, 3.05) is 0 Å². The van der Waals surface area contributed by atoms with E-state index >= 15 is 0 Å². The molecule has 0 saturated carbocycles. The van der Waals surface area contributed by atoms with E-state index in [0.717, 1.165) is 18.6 Å². The molecule has 0 spiro atoms. The van der Waals surface area contributed by atoms with Crippen LogP contribution in [-0.4, -0.2) is 27.4 Å². The van der Waals surface area contributed by atoms with Gasteiger partial charge in [0.1, 0.15) is 0 Å². The number of rotatable bonds is 2. The van der Waals surface area contributed by atoms with Crippen molar-refractivity contribution in [1.82, 2.24) is 9.27 Å². The summed E-state index contributed by atoms with van der Waals surface area (Å²) in [6, 6.07) is 4.06. The maximum absolute atomic E-state index is 6.05. The molecule has 3 heterocycles. The van der Waals surface area contributed by atoms with E-state index in [-0.39, 0.29) is 0 Å². The Balaban J connectivity index is 1.72. The minimum Gasteiger partial charge on any atom is -0.328 e. The highest BCUT2D eigenvalue weighted by Crippen LogP contribution is 2.36. The van der Waals surface area contributed by atoms with Crippen LogP contribution in [0.15, 0.2) is 12.3 Å². The monoisotopic (exact) mass is 223 g/mol. The second-order valence-corrected chi connectivity index (χ2v) is 5.69. The number of piperidine rings is 1. The van der Waals surface area contributed by atoms with Gasteiger partial charge in [-0.3, -0.25) is 4.90 Å². The Kier molecular flexibility index (Phi) is 2.50. The molecule has 3 rings (SSSR count). The van der Waals surface area contributed by atoms with Crippen LogP contribution in [0.4, 0.5) is 0 Å². The average molecular weight is 223 g/mol. The van der Waals surface area contributed by atoms with E-state index in [4.69, 9.17) is 5.73 Å². The molecule has 0 aromatic carbocycles. The van der Waals surface area contributed by atoms with Crippen LogP contribution >= 0.6 is 11.5 Å². The van der Waals surface area contributed by atoms with Crippen LogP contribution in [0, 0.1) is 0 Å². The molecule has 4 heteroatoms. The molecule has 0 amide bonds. The summed E-state index contributed by atoms with van der Waals surface area (Å²) in [4.78, 5) is 4.04. The van der Waals surface area contributed by atoms with Crippen LogP contribution in [0.25, 0.3) is 0 Å². The molecule has 2 bridgehead atoms. The highest BCUT2D eigenvalue weighted by molar-refractivity contribution is 7.05. The van der Waals surface area contributed by atoms with Crippen molar-refractivity contribution in [2.45, 2.75) is 50.4 Å². The lowest BCUT2D eigenvalue weighted by molar-refractivity contribution is 0.121. The number of hydrogen-bond acceptors (Lipinski definition) is 4. The Morgan fingerprint density at radius 1 is 1.40 bits per heavy atom. The first-order chi connectivity index (χ1) is 7.33. The minimum atomic E-state index is 0.445. The van der Waals surface area contributed by atoms with Gasteiger partial charge in [-0.1, -0.05) is 0 Å². The zero-order valence-electron chi connectivity index (χ0n) is 8.80. The molecule has 2 aliphatic rings. The number of fused-ring (bicyclic) bond motifs is 2. The van der Waals surface area contributed by atoms with Crippen LogP contribution in [0.5, 0.6) is 0 Å². The summed E-state index contributed by atoms with van der Waals surface area (Å²) >= 11 is 1.63. The van der Waals surface area contributed by atoms with E-state index in [0.29, 0.717) is 6.04 Å². The summed E-state index contributed by atoms with van der Waals surface area (Å²) in [5.41, 5.74) is 6.05. The van der Waals surface area contributed by atoms with Gasteiger partial charge in [0.15, 0.2) is 0 Å². The SMILES string of the molecule is NC1CC2CCC(C1)N2Cc1ccns1. The fraction of sp³-hybridized carbons (Fsp3) is 0.727. The summed E-state index contributed by atoms with van der Waals surface area (Å²) in [6.45, 7) is 1.09. The van der Waals surface area contributed by atoms with Crippen LogP contribution < -0.4 is 5.73 Å². The van der Waals surface area contributed by atoms with E-state index in [1.54, 1.807) is 11.5 Å². The van der Waals surface area contributed by atoms with E-state index in [2.05, 4.69) is 15.3 Å². The van der Waals surface area contributed by atoms with Crippen molar-refractivity contribution in [1.29, 1.82) is 0 Å². The predicted molar refractivity (Wildman–Crippen MR) is 61.7 cm³/mol. The molecule has 82 valence electrons. The molecule has 2 atom stereocenters. The van der Waals surface area contributed by atoms with E-state index in [1.165, 1.54) is 30.6 Å². The Labute approximate surface area is 94.4 Å². The molecule has 2 unspecified atom stereocenters. The van der Waals surface area contributed by atoms with Crippen molar-refractivity contribution in [2.24, 2.45) is 5.73 Å². The second-order valence-electron chi connectivity index (χ2n) is 4.77. The maximum Gasteiger partial charge on any atom is 0.0410 e. The van der Waals surface area contributed by atoms with Crippen LogP contribution in [-0.2, 0) is 6.54 Å². The summed E-state index contributed by atoms with van der Waals surface area (Å²) in [5.74, 6) is 0. The van der Waals surface area contributed by atoms with Gasteiger partial charge in [-0.25, -0.2) is 4.37 Å². The van der Waals surface area contributed by atoms with Gasteiger partial charge in [0, 0.05) is 35.7 Å². The van der Waals surface area contributed by atoms with Gasteiger partial charge < -0.3 is 5.73 Å². The minimum absolute atomic E-state index is 0.445. The molecule has 3 nitrogen and oxygen atoms in total. The lowest BCUT2D eigenvalue weighted by Crippen LogP contribution is -2.46. The van der Waals surface area contributed by atoms with Crippen LogP contribution in [0.3, 0.4) is 0 Å². The first-order valence-corrected chi connectivity index (χ1v) is 6.51. The number of nitrogens with zero attached hydrogens (tertiary/aromatic N) is 2. The number of nitrogens with two attached hydrogens (primary N) is 1. The molecule has 2 N–H and O–H groups in total.